The lowest BCUT2D eigenvalue weighted by molar-refractivity contribution is 0.0596. The van der Waals surface area contributed by atoms with Crippen LogP contribution in [-0.2, 0) is 4.74 Å². The van der Waals surface area contributed by atoms with E-state index in [-0.39, 0.29) is 5.88 Å². The number of carbonyl (C=O) groups is 1. The summed E-state index contributed by atoms with van der Waals surface area (Å²) in [6.07, 6.45) is 1.75. The minimum atomic E-state index is -0.456. The first kappa shape index (κ1) is 9.51. The van der Waals surface area contributed by atoms with Crippen LogP contribution in [0.15, 0.2) is 18.3 Å². The average Bonchev–Trinajstić information content (AvgIpc) is 2.73. The molecule has 0 saturated carbocycles. The topological polar surface area (TPSA) is 64.2 Å². The summed E-state index contributed by atoms with van der Waals surface area (Å²) in [5.41, 5.74) is 1.01. The Bertz CT molecular complexity index is 504. The average molecular weight is 206 g/mol. The maximum absolute atomic E-state index is 11.4. The fourth-order valence-corrected chi connectivity index (χ4v) is 1.38. The molecular formula is C10H10N2O3. The lowest BCUT2D eigenvalue weighted by atomic mass is 10.2. The zero-order chi connectivity index (χ0) is 10.8. The molecule has 78 valence electrons. The first-order valence-electron chi connectivity index (χ1n) is 4.36. The number of hydrogen-bond donors (Lipinski definition) is 1. The molecule has 0 bridgehead atoms. The molecule has 0 atom stereocenters. The van der Waals surface area contributed by atoms with Crippen molar-refractivity contribution in [1.82, 2.24) is 9.97 Å². The number of hydrogen-bond acceptors (Lipinski definition) is 4. The van der Waals surface area contributed by atoms with E-state index in [0.29, 0.717) is 11.2 Å². The van der Waals surface area contributed by atoms with Gasteiger partial charge in [-0.2, -0.15) is 4.98 Å². The maximum atomic E-state index is 11.4. The number of carbonyl (C=O) groups excluding carboxylic acids is 1. The van der Waals surface area contributed by atoms with Crippen LogP contribution in [0.5, 0.6) is 5.88 Å². The molecule has 0 unspecified atom stereocenters. The van der Waals surface area contributed by atoms with Gasteiger partial charge in [0, 0.05) is 11.6 Å². The summed E-state index contributed by atoms with van der Waals surface area (Å²) < 4.78 is 9.65. The van der Waals surface area contributed by atoms with Gasteiger partial charge in [-0.1, -0.05) is 0 Å². The van der Waals surface area contributed by atoms with E-state index in [1.165, 1.54) is 14.2 Å². The van der Waals surface area contributed by atoms with E-state index in [1.54, 1.807) is 12.3 Å². The van der Waals surface area contributed by atoms with Gasteiger partial charge in [0.05, 0.1) is 14.2 Å². The number of aromatic nitrogens is 2. The minimum Gasteiger partial charge on any atom is -0.480 e. The Labute approximate surface area is 86.0 Å². The van der Waals surface area contributed by atoms with Gasteiger partial charge in [0.15, 0.2) is 0 Å². The van der Waals surface area contributed by atoms with Crippen molar-refractivity contribution in [3.8, 4) is 5.88 Å². The minimum absolute atomic E-state index is 0.261. The molecule has 0 amide bonds. The van der Waals surface area contributed by atoms with Gasteiger partial charge in [-0.05, 0) is 12.1 Å². The molecular weight excluding hydrogens is 196 g/mol. The zero-order valence-electron chi connectivity index (χ0n) is 8.40. The summed E-state index contributed by atoms with van der Waals surface area (Å²) in [4.78, 5) is 18.5. The summed E-state index contributed by atoms with van der Waals surface area (Å²) in [7, 11) is 2.78. The van der Waals surface area contributed by atoms with Crippen molar-refractivity contribution in [2.75, 3.05) is 14.2 Å². The number of esters is 1. The molecule has 0 spiro atoms. The standard InChI is InChI=1S/C10H10N2O3/c1-14-9-7(10(13)15-2)5-6-3-4-11-8(6)12-9/h3-5H,1-2H3,(H,11,12). The molecule has 2 heterocycles. The SMILES string of the molecule is COC(=O)c1cc2cc[nH]c2nc1OC. The van der Waals surface area contributed by atoms with Gasteiger partial charge in [0.1, 0.15) is 11.2 Å². The van der Waals surface area contributed by atoms with E-state index < -0.39 is 5.97 Å². The lowest BCUT2D eigenvalue weighted by Crippen LogP contribution is -2.05. The Morgan fingerprint density at radius 3 is 2.93 bits per heavy atom. The van der Waals surface area contributed by atoms with Crippen LogP contribution in [0.3, 0.4) is 0 Å². The van der Waals surface area contributed by atoms with E-state index in [2.05, 4.69) is 14.7 Å². The van der Waals surface area contributed by atoms with E-state index in [0.717, 1.165) is 5.39 Å². The second kappa shape index (κ2) is 3.61. The number of rotatable bonds is 2. The molecule has 0 aliphatic rings. The molecule has 0 aliphatic heterocycles. The van der Waals surface area contributed by atoms with Crippen LogP contribution in [0.2, 0.25) is 0 Å². The number of pyridine rings is 1. The molecule has 5 nitrogen and oxygen atoms in total. The van der Waals surface area contributed by atoms with Crippen LogP contribution >= 0.6 is 0 Å². The van der Waals surface area contributed by atoms with Gasteiger partial charge in [0.25, 0.3) is 0 Å². The van der Waals surface area contributed by atoms with Crippen molar-refractivity contribution in [2.24, 2.45) is 0 Å². The van der Waals surface area contributed by atoms with Crippen molar-refractivity contribution in [3.63, 3.8) is 0 Å². The van der Waals surface area contributed by atoms with Gasteiger partial charge < -0.3 is 14.5 Å². The molecule has 2 aromatic heterocycles. The third-order valence-corrected chi connectivity index (χ3v) is 2.10. The highest BCUT2D eigenvalue weighted by Crippen LogP contribution is 2.21. The number of aromatic amines is 1. The summed E-state index contributed by atoms with van der Waals surface area (Å²) >= 11 is 0. The maximum Gasteiger partial charge on any atom is 0.343 e. The predicted molar refractivity (Wildman–Crippen MR) is 54.0 cm³/mol. The molecule has 1 N–H and O–H groups in total. The Morgan fingerprint density at radius 2 is 2.27 bits per heavy atom. The first-order valence-corrected chi connectivity index (χ1v) is 4.36. The molecule has 0 fully saturated rings. The van der Waals surface area contributed by atoms with E-state index >= 15 is 0 Å². The first-order chi connectivity index (χ1) is 7.26. The van der Waals surface area contributed by atoms with Gasteiger partial charge in [-0.15, -0.1) is 0 Å². The molecule has 0 saturated heterocycles. The molecule has 0 aliphatic carbocycles. The Kier molecular flexibility index (Phi) is 2.29. The fraction of sp³-hybridized carbons (Fsp3) is 0.200. The third-order valence-electron chi connectivity index (χ3n) is 2.10. The molecule has 15 heavy (non-hydrogen) atoms. The number of nitrogens with one attached hydrogen (secondary N) is 1. The fourth-order valence-electron chi connectivity index (χ4n) is 1.38. The number of nitrogens with zero attached hydrogens (tertiary/aromatic N) is 1. The van der Waals surface area contributed by atoms with E-state index in [4.69, 9.17) is 4.74 Å². The molecule has 5 heteroatoms. The van der Waals surface area contributed by atoms with Crippen molar-refractivity contribution in [1.29, 1.82) is 0 Å². The van der Waals surface area contributed by atoms with Crippen LogP contribution in [0.4, 0.5) is 0 Å². The van der Waals surface area contributed by atoms with E-state index in [1.807, 2.05) is 6.07 Å². The second-order valence-electron chi connectivity index (χ2n) is 2.95. The Morgan fingerprint density at radius 1 is 1.47 bits per heavy atom. The predicted octanol–water partition coefficient (Wildman–Crippen LogP) is 1.36. The Balaban J connectivity index is 2.64. The summed E-state index contributed by atoms with van der Waals surface area (Å²) in [6.45, 7) is 0. The monoisotopic (exact) mass is 206 g/mol. The smallest absolute Gasteiger partial charge is 0.343 e. The summed E-state index contributed by atoms with van der Waals surface area (Å²) in [5.74, 6) is -0.195. The van der Waals surface area contributed by atoms with Crippen molar-refractivity contribution >= 4 is 17.0 Å². The lowest BCUT2D eigenvalue weighted by Gasteiger charge is -2.05. The highest BCUT2D eigenvalue weighted by Gasteiger charge is 2.15. The van der Waals surface area contributed by atoms with Crippen molar-refractivity contribution < 1.29 is 14.3 Å². The van der Waals surface area contributed by atoms with Gasteiger partial charge in [0.2, 0.25) is 5.88 Å². The molecule has 2 aromatic rings. The van der Waals surface area contributed by atoms with Gasteiger partial charge in [-0.25, -0.2) is 4.79 Å². The van der Waals surface area contributed by atoms with E-state index in [9.17, 15) is 4.79 Å². The quantitative estimate of drug-likeness (QED) is 0.753. The van der Waals surface area contributed by atoms with Crippen LogP contribution in [-0.4, -0.2) is 30.2 Å². The van der Waals surface area contributed by atoms with Crippen LogP contribution in [0, 0.1) is 0 Å². The van der Waals surface area contributed by atoms with Gasteiger partial charge in [-0.3, -0.25) is 0 Å². The van der Waals surface area contributed by atoms with Crippen molar-refractivity contribution in [3.05, 3.63) is 23.9 Å². The summed E-state index contributed by atoms with van der Waals surface area (Å²) in [5, 5.41) is 0.844. The molecule has 0 aromatic carbocycles. The summed E-state index contributed by atoms with van der Waals surface area (Å²) in [6, 6.07) is 3.51. The van der Waals surface area contributed by atoms with Crippen LogP contribution in [0.1, 0.15) is 10.4 Å². The normalized spacial score (nSPS) is 10.3. The van der Waals surface area contributed by atoms with Gasteiger partial charge >= 0.3 is 5.97 Å². The van der Waals surface area contributed by atoms with Crippen LogP contribution in [0.25, 0.3) is 11.0 Å². The number of ether oxygens (including phenoxy) is 2. The van der Waals surface area contributed by atoms with Crippen molar-refractivity contribution in [2.45, 2.75) is 0 Å². The zero-order valence-corrected chi connectivity index (χ0v) is 8.40. The number of methoxy groups -OCH3 is 2. The third kappa shape index (κ3) is 1.52. The molecule has 2 rings (SSSR count). The Hall–Kier alpha value is -2.04. The van der Waals surface area contributed by atoms with Crippen LogP contribution < -0.4 is 4.74 Å². The highest BCUT2D eigenvalue weighted by atomic mass is 16.5. The second-order valence-corrected chi connectivity index (χ2v) is 2.95. The number of fused-ring (bicyclic) bond motifs is 1. The largest absolute Gasteiger partial charge is 0.480 e. The number of H-pyrrole nitrogens is 1. The highest BCUT2D eigenvalue weighted by molar-refractivity contribution is 5.95. The molecule has 0 radical (unpaired) electrons.